The highest BCUT2D eigenvalue weighted by molar-refractivity contribution is 8.01. The summed E-state index contributed by atoms with van der Waals surface area (Å²) in [4.78, 5) is 11.9. The zero-order chi connectivity index (χ0) is 16.5. The number of carbonyl (C=O) groups is 1. The highest BCUT2D eigenvalue weighted by atomic mass is 32.2. The number of thioether (sulfide) groups is 1. The highest BCUT2D eigenvalue weighted by Crippen LogP contribution is 2.23. The van der Waals surface area contributed by atoms with Crippen LogP contribution in [-0.2, 0) is 4.79 Å². The third-order valence-electron chi connectivity index (χ3n) is 2.90. The number of carbonyl (C=O) groups excluding carboxylic acids is 1. The lowest BCUT2D eigenvalue weighted by Gasteiger charge is -2.08. The maximum Gasteiger partial charge on any atom is 0.234 e. The summed E-state index contributed by atoms with van der Waals surface area (Å²) in [6.45, 7) is 2.89. The first-order valence-electron chi connectivity index (χ1n) is 7.42. The molecule has 6 nitrogen and oxygen atoms in total. The van der Waals surface area contributed by atoms with Crippen molar-refractivity contribution < 1.29 is 9.53 Å². The molecule has 0 unspecified atom stereocenters. The fourth-order valence-corrected chi connectivity index (χ4v) is 3.22. The van der Waals surface area contributed by atoms with E-state index in [2.05, 4.69) is 22.4 Å². The van der Waals surface area contributed by atoms with Gasteiger partial charge in [-0.2, -0.15) is 0 Å². The van der Waals surface area contributed by atoms with E-state index >= 15 is 0 Å². The quantitative estimate of drug-likeness (QED) is 0.531. The van der Waals surface area contributed by atoms with Crippen LogP contribution in [0.4, 0.5) is 10.8 Å². The van der Waals surface area contributed by atoms with E-state index in [1.165, 1.54) is 35.9 Å². The molecule has 2 aromatic rings. The van der Waals surface area contributed by atoms with Crippen LogP contribution in [-0.4, -0.2) is 28.5 Å². The Bertz CT molecular complexity index is 616. The van der Waals surface area contributed by atoms with Crippen molar-refractivity contribution in [3.8, 4) is 5.75 Å². The van der Waals surface area contributed by atoms with Crippen molar-refractivity contribution >= 4 is 39.8 Å². The first-order chi connectivity index (χ1) is 11.2. The van der Waals surface area contributed by atoms with Gasteiger partial charge in [-0.05, 0) is 30.7 Å². The Morgan fingerprint density at radius 3 is 2.74 bits per heavy atom. The number of amides is 1. The van der Waals surface area contributed by atoms with E-state index in [-0.39, 0.29) is 11.7 Å². The first-order valence-corrected chi connectivity index (χ1v) is 9.22. The van der Waals surface area contributed by atoms with E-state index < -0.39 is 0 Å². The van der Waals surface area contributed by atoms with Crippen molar-refractivity contribution in [3.63, 3.8) is 0 Å². The molecule has 1 amide bonds. The number of unbranched alkanes of at least 4 members (excludes halogenated alkanes) is 2. The van der Waals surface area contributed by atoms with Crippen LogP contribution in [0.2, 0.25) is 0 Å². The predicted octanol–water partition coefficient (Wildman–Crippen LogP) is 3.42. The normalized spacial score (nSPS) is 10.5. The third kappa shape index (κ3) is 6.45. The van der Waals surface area contributed by atoms with E-state index in [0.717, 1.165) is 24.5 Å². The van der Waals surface area contributed by atoms with E-state index in [9.17, 15) is 4.79 Å². The summed E-state index contributed by atoms with van der Waals surface area (Å²) in [5.41, 5.74) is 6.24. The zero-order valence-corrected chi connectivity index (χ0v) is 14.6. The average molecular weight is 352 g/mol. The van der Waals surface area contributed by atoms with Gasteiger partial charge in [0.05, 0.1) is 12.4 Å². The van der Waals surface area contributed by atoms with E-state index in [1.54, 1.807) is 0 Å². The minimum atomic E-state index is -0.0969. The number of ether oxygens (including phenoxy) is 1. The van der Waals surface area contributed by atoms with Gasteiger partial charge in [-0.25, -0.2) is 0 Å². The van der Waals surface area contributed by atoms with Gasteiger partial charge in [-0.1, -0.05) is 42.9 Å². The Morgan fingerprint density at radius 2 is 2.09 bits per heavy atom. The number of nitrogens with two attached hydrogens (primary N) is 1. The third-order valence-corrected chi connectivity index (χ3v) is 4.79. The molecule has 0 atom stereocenters. The van der Waals surface area contributed by atoms with Crippen LogP contribution >= 0.6 is 23.1 Å². The van der Waals surface area contributed by atoms with Crippen molar-refractivity contribution in [2.45, 2.75) is 30.5 Å². The average Bonchev–Trinajstić information content (AvgIpc) is 2.97. The number of hydrogen-bond donors (Lipinski definition) is 2. The molecule has 0 radical (unpaired) electrons. The van der Waals surface area contributed by atoms with Gasteiger partial charge < -0.3 is 15.8 Å². The predicted molar refractivity (Wildman–Crippen MR) is 95.1 cm³/mol. The molecule has 23 heavy (non-hydrogen) atoms. The van der Waals surface area contributed by atoms with Crippen molar-refractivity contribution in [2.24, 2.45) is 0 Å². The summed E-state index contributed by atoms with van der Waals surface area (Å²) >= 11 is 2.59. The Kier molecular flexibility index (Phi) is 7.15. The standard InChI is InChI=1S/C15H20N4O2S2/c1-2-3-4-9-21-12-7-5-11(6-8-12)17-13(20)10-22-15-19-18-14(16)23-15/h5-8H,2-4,9-10H2,1H3,(H2,16,18)(H,17,20). The Balaban J connectivity index is 1.73. The second-order valence-corrected chi connectivity index (χ2v) is 7.05. The number of benzene rings is 1. The van der Waals surface area contributed by atoms with E-state index in [1.807, 2.05) is 24.3 Å². The molecule has 8 heteroatoms. The fraction of sp³-hybridized carbons (Fsp3) is 0.400. The minimum Gasteiger partial charge on any atom is -0.494 e. The number of nitrogens with one attached hydrogen (secondary N) is 1. The van der Waals surface area contributed by atoms with Gasteiger partial charge >= 0.3 is 0 Å². The lowest BCUT2D eigenvalue weighted by Crippen LogP contribution is -2.13. The summed E-state index contributed by atoms with van der Waals surface area (Å²) < 4.78 is 6.32. The first kappa shape index (κ1) is 17.6. The Hall–Kier alpha value is -1.80. The Morgan fingerprint density at radius 1 is 1.30 bits per heavy atom. The zero-order valence-electron chi connectivity index (χ0n) is 12.9. The van der Waals surface area contributed by atoms with Crippen LogP contribution in [0.15, 0.2) is 28.6 Å². The second kappa shape index (κ2) is 9.36. The molecular weight excluding hydrogens is 332 g/mol. The lowest BCUT2D eigenvalue weighted by molar-refractivity contribution is -0.113. The largest absolute Gasteiger partial charge is 0.494 e. The molecule has 0 bridgehead atoms. The molecule has 2 rings (SSSR count). The van der Waals surface area contributed by atoms with Gasteiger partial charge in [0.1, 0.15) is 5.75 Å². The lowest BCUT2D eigenvalue weighted by atomic mass is 10.2. The van der Waals surface area contributed by atoms with Gasteiger partial charge in [0.25, 0.3) is 0 Å². The van der Waals surface area contributed by atoms with Gasteiger partial charge in [-0.3, -0.25) is 4.79 Å². The summed E-state index contributed by atoms with van der Waals surface area (Å²) in [5, 5.41) is 10.8. The van der Waals surface area contributed by atoms with Crippen LogP contribution in [0.3, 0.4) is 0 Å². The monoisotopic (exact) mass is 352 g/mol. The second-order valence-electron chi connectivity index (χ2n) is 4.82. The minimum absolute atomic E-state index is 0.0969. The van der Waals surface area contributed by atoms with Crippen molar-refractivity contribution in [2.75, 3.05) is 23.4 Å². The summed E-state index contributed by atoms with van der Waals surface area (Å²) in [5.74, 6) is 0.988. The fourth-order valence-electron chi connectivity index (χ4n) is 1.78. The maximum atomic E-state index is 11.9. The summed E-state index contributed by atoms with van der Waals surface area (Å²) in [7, 11) is 0. The van der Waals surface area contributed by atoms with Gasteiger partial charge in [0.2, 0.25) is 11.0 Å². The summed E-state index contributed by atoms with van der Waals surface area (Å²) in [6.07, 6.45) is 3.41. The number of aromatic nitrogens is 2. The maximum absolute atomic E-state index is 11.9. The van der Waals surface area contributed by atoms with Crippen LogP contribution in [0, 0.1) is 0 Å². The number of anilines is 2. The van der Waals surface area contributed by atoms with Gasteiger partial charge in [0.15, 0.2) is 4.34 Å². The Labute approximate surface area is 143 Å². The topological polar surface area (TPSA) is 90.1 Å². The van der Waals surface area contributed by atoms with E-state index in [0.29, 0.717) is 9.47 Å². The molecule has 1 aromatic carbocycles. The molecule has 0 aliphatic carbocycles. The molecule has 0 aliphatic heterocycles. The van der Waals surface area contributed by atoms with Gasteiger partial charge in [-0.15, -0.1) is 10.2 Å². The molecule has 1 aromatic heterocycles. The molecule has 124 valence electrons. The number of nitrogens with zero attached hydrogens (tertiary/aromatic N) is 2. The highest BCUT2D eigenvalue weighted by Gasteiger charge is 2.07. The van der Waals surface area contributed by atoms with Crippen LogP contribution in [0.1, 0.15) is 26.2 Å². The summed E-state index contributed by atoms with van der Waals surface area (Å²) in [6, 6.07) is 7.39. The molecule has 0 aliphatic rings. The smallest absolute Gasteiger partial charge is 0.234 e. The van der Waals surface area contributed by atoms with Crippen molar-refractivity contribution in [3.05, 3.63) is 24.3 Å². The molecule has 3 N–H and O–H groups in total. The molecule has 0 spiro atoms. The van der Waals surface area contributed by atoms with Crippen LogP contribution in [0.5, 0.6) is 5.75 Å². The van der Waals surface area contributed by atoms with Gasteiger partial charge in [0, 0.05) is 5.69 Å². The molecule has 0 fully saturated rings. The number of rotatable bonds is 9. The van der Waals surface area contributed by atoms with Crippen LogP contribution in [0.25, 0.3) is 0 Å². The molecule has 0 saturated carbocycles. The molecule has 0 saturated heterocycles. The number of hydrogen-bond acceptors (Lipinski definition) is 7. The molecule has 1 heterocycles. The van der Waals surface area contributed by atoms with Crippen molar-refractivity contribution in [1.29, 1.82) is 0 Å². The van der Waals surface area contributed by atoms with Crippen molar-refractivity contribution in [1.82, 2.24) is 10.2 Å². The van der Waals surface area contributed by atoms with E-state index in [4.69, 9.17) is 10.5 Å². The van der Waals surface area contributed by atoms with Crippen LogP contribution < -0.4 is 15.8 Å². The molecular formula is C15H20N4O2S2. The number of nitrogen functional groups attached to an aromatic ring is 1. The SMILES string of the molecule is CCCCCOc1ccc(NC(=O)CSc2nnc(N)s2)cc1.